The molecule has 1 saturated carbocycles. The number of primary amides is 1. The number of carboxylic acids is 1. The van der Waals surface area contributed by atoms with Crippen LogP contribution in [-0.4, -0.2) is 47.5 Å². The Labute approximate surface area is 121 Å². The van der Waals surface area contributed by atoms with Gasteiger partial charge in [0.2, 0.25) is 11.8 Å². The van der Waals surface area contributed by atoms with Crippen molar-refractivity contribution in [1.82, 2.24) is 16.0 Å². The Bertz CT molecular complexity index is 422. The van der Waals surface area contributed by atoms with E-state index in [1.165, 1.54) is 0 Å². The lowest BCUT2D eigenvalue weighted by Gasteiger charge is -2.14. The summed E-state index contributed by atoms with van der Waals surface area (Å²) in [5.41, 5.74) is 4.93. The minimum absolute atomic E-state index is 0.0831. The van der Waals surface area contributed by atoms with Crippen LogP contribution < -0.4 is 21.7 Å². The number of hydrogen-bond donors (Lipinski definition) is 5. The van der Waals surface area contributed by atoms with Gasteiger partial charge in [-0.15, -0.1) is 0 Å². The minimum atomic E-state index is -1.25. The molecule has 0 aliphatic heterocycles. The molecule has 21 heavy (non-hydrogen) atoms. The predicted molar refractivity (Wildman–Crippen MR) is 72.2 cm³/mol. The van der Waals surface area contributed by atoms with Gasteiger partial charge in [0.05, 0.1) is 0 Å². The molecule has 1 aliphatic carbocycles. The molecule has 4 amide bonds. The molecule has 0 spiro atoms. The summed E-state index contributed by atoms with van der Waals surface area (Å²) in [6.45, 7) is 0.104. The Morgan fingerprint density at radius 3 is 2.38 bits per heavy atom. The molecule has 0 aromatic carbocycles. The molecule has 9 heteroatoms. The highest BCUT2D eigenvalue weighted by Crippen LogP contribution is 2.18. The SMILES string of the molecule is NC(=O)CC[C@H](NC(=O)NCCC(=O)NC1CC1)C(=O)O. The number of carboxylic acid groups (broad SMARTS) is 1. The molecule has 1 rings (SSSR count). The molecule has 0 radical (unpaired) electrons. The predicted octanol–water partition coefficient (Wildman–Crippen LogP) is -1.33. The van der Waals surface area contributed by atoms with Crippen LogP contribution in [0.5, 0.6) is 0 Å². The van der Waals surface area contributed by atoms with Crippen LogP contribution in [0.3, 0.4) is 0 Å². The second-order valence-electron chi connectivity index (χ2n) is 4.89. The Kier molecular flexibility index (Phi) is 6.44. The van der Waals surface area contributed by atoms with Gasteiger partial charge in [-0.2, -0.15) is 0 Å². The normalized spacial score (nSPS) is 14.9. The van der Waals surface area contributed by atoms with E-state index in [1.807, 2.05) is 0 Å². The zero-order valence-corrected chi connectivity index (χ0v) is 11.6. The van der Waals surface area contributed by atoms with Crippen molar-refractivity contribution < 1.29 is 24.3 Å². The summed E-state index contributed by atoms with van der Waals surface area (Å²) in [6, 6.07) is -1.64. The van der Waals surface area contributed by atoms with Gasteiger partial charge in [-0.1, -0.05) is 0 Å². The van der Waals surface area contributed by atoms with Crippen LogP contribution in [0.2, 0.25) is 0 Å². The van der Waals surface area contributed by atoms with Gasteiger partial charge in [0, 0.05) is 25.4 Å². The summed E-state index contributed by atoms with van der Waals surface area (Å²) >= 11 is 0. The van der Waals surface area contributed by atoms with Gasteiger partial charge in [0.1, 0.15) is 6.04 Å². The number of carbonyl (C=O) groups is 4. The number of nitrogens with two attached hydrogens (primary N) is 1. The molecule has 118 valence electrons. The first-order valence-electron chi connectivity index (χ1n) is 6.73. The monoisotopic (exact) mass is 300 g/mol. The molecule has 6 N–H and O–H groups in total. The summed E-state index contributed by atoms with van der Waals surface area (Å²) in [5, 5.41) is 16.3. The minimum Gasteiger partial charge on any atom is -0.480 e. The van der Waals surface area contributed by atoms with E-state index in [4.69, 9.17) is 10.8 Å². The zero-order chi connectivity index (χ0) is 15.8. The number of nitrogens with one attached hydrogen (secondary N) is 3. The lowest BCUT2D eigenvalue weighted by atomic mass is 10.1. The molecular formula is C12H20N4O5. The van der Waals surface area contributed by atoms with Crippen LogP contribution >= 0.6 is 0 Å². The van der Waals surface area contributed by atoms with E-state index in [0.29, 0.717) is 0 Å². The first kappa shape index (κ1) is 16.7. The third-order valence-electron chi connectivity index (χ3n) is 2.86. The molecule has 0 saturated heterocycles. The Hall–Kier alpha value is -2.32. The van der Waals surface area contributed by atoms with E-state index in [1.54, 1.807) is 0 Å². The molecule has 0 unspecified atom stereocenters. The Morgan fingerprint density at radius 2 is 1.86 bits per heavy atom. The molecular weight excluding hydrogens is 280 g/mol. The van der Waals surface area contributed by atoms with Crippen LogP contribution in [0.15, 0.2) is 0 Å². The number of carbonyl (C=O) groups excluding carboxylic acids is 3. The van der Waals surface area contributed by atoms with Gasteiger partial charge in [-0.3, -0.25) is 9.59 Å². The Morgan fingerprint density at radius 1 is 1.19 bits per heavy atom. The maximum absolute atomic E-state index is 11.5. The smallest absolute Gasteiger partial charge is 0.326 e. The first-order chi connectivity index (χ1) is 9.88. The Balaban J connectivity index is 2.20. The lowest BCUT2D eigenvalue weighted by molar-refractivity contribution is -0.139. The largest absolute Gasteiger partial charge is 0.480 e. The van der Waals surface area contributed by atoms with Crippen LogP contribution in [0.25, 0.3) is 0 Å². The first-order valence-corrected chi connectivity index (χ1v) is 6.73. The van der Waals surface area contributed by atoms with Crippen LogP contribution in [0.4, 0.5) is 4.79 Å². The summed E-state index contributed by atoms with van der Waals surface area (Å²) in [4.78, 5) is 44.3. The summed E-state index contributed by atoms with van der Waals surface area (Å²) in [5.74, 6) is -2.04. The third-order valence-corrected chi connectivity index (χ3v) is 2.86. The van der Waals surface area contributed by atoms with E-state index in [2.05, 4.69) is 16.0 Å². The third kappa shape index (κ3) is 7.75. The van der Waals surface area contributed by atoms with Gasteiger partial charge in [-0.05, 0) is 19.3 Å². The van der Waals surface area contributed by atoms with Crippen LogP contribution in [0, 0.1) is 0 Å². The number of urea groups is 1. The zero-order valence-electron chi connectivity index (χ0n) is 11.6. The van der Waals surface area contributed by atoms with E-state index in [0.717, 1.165) is 12.8 Å². The van der Waals surface area contributed by atoms with Crippen molar-refractivity contribution in [2.45, 2.75) is 44.2 Å². The summed E-state index contributed by atoms with van der Waals surface area (Å²) in [6.07, 6.45) is 1.88. The molecule has 0 heterocycles. The van der Waals surface area contributed by atoms with E-state index in [-0.39, 0.29) is 37.8 Å². The average Bonchev–Trinajstić information content (AvgIpc) is 3.17. The molecule has 1 aliphatic rings. The topological polar surface area (TPSA) is 151 Å². The summed E-state index contributed by atoms with van der Waals surface area (Å²) < 4.78 is 0. The molecule has 9 nitrogen and oxygen atoms in total. The maximum Gasteiger partial charge on any atom is 0.326 e. The molecule has 0 aromatic rings. The van der Waals surface area contributed by atoms with Crippen molar-refractivity contribution in [3.63, 3.8) is 0 Å². The second-order valence-corrected chi connectivity index (χ2v) is 4.89. The number of amides is 4. The molecule has 1 atom stereocenters. The number of aliphatic carboxylic acids is 1. The fourth-order valence-electron chi connectivity index (χ4n) is 1.57. The van der Waals surface area contributed by atoms with Gasteiger partial charge in [0.25, 0.3) is 0 Å². The van der Waals surface area contributed by atoms with Crippen molar-refractivity contribution in [3.8, 4) is 0 Å². The van der Waals surface area contributed by atoms with Gasteiger partial charge in [-0.25, -0.2) is 9.59 Å². The average molecular weight is 300 g/mol. The van der Waals surface area contributed by atoms with E-state index >= 15 is 0 Å². The molecule has 0 aromatic heterocycles. The highest BCUT2D eigenvalue weighted by Gasteiger charge is 2.23. The lowest BCUT2D eigenvalue weighted by Crippen LogP contribution is -2.47. The number of rotatable bonds is 9. The van der Waals surface area contributed by atoms with Gasteiger partial charge >= 0.3 is 12.0 Å². The van der Waals surface area contributed by atoms with Crippen molar-refractivity contribution in [3.05, 3.63) is 0 Å². The fourth-order valence-corrected chi connectivity index (χ4v) is 1.57. The standard InChI is InChI=1S/C12H20N4O5/c13-9(17)4-3-8(11(19)20)16-12(21)14-6-5-10(18)15-7-1-2-7/h7-8H,1-6H2,(H2,13,17)(H,15,18)(H,19,20)(H2,14,16,21)/t8-/m0/s1. The fraction of sp³-hybridized carbons (Fsp3) is 0.667. The molecule has 0 bridgehead atoms. The van der Waals surface area contributed by atoms with E-state index in [9.17, 15) is 19.2 Å². The summed E-state index contributed by atoms with van der Waals surface area (Å²) in [7, 11) is 0. The number of hydrogen-bond acceptors (Lipinski definition) is 4. The van der Waals surface area contributed by atoms with Crippen molar-refractivity contribution in [2.75, 3.05) is 6.54 Å². The highest BCUT2D eigenvalue weighted by atomic mass is 16.4. The van der Waals surface area contributed by atoms with Crippen molar-refractivity contribution in [2.24, 2.45) is 5.73 Å². The van der Waals surface area contributed by atoms with Gasteiger partial charge < -0.3 is 26.8 Å². The van der Waals surface area contributed by atoms with Crippen molar-refractivity contribution >= 4 is 23.8 Å². The van der Waals surface area contributed by atoms with Crippen molar-refractivity contribution in [1.29, 1.82) is 0 Å². The van der Waals surface area contributed by atoms with Crippen LogP contribution in [-0.2, 0) is 14.4 Å². The van der Waals surface area contributed by atoms with E-state index < -0.39 is 23.9 Å². The second kappa shape index (κ2) is 8.08. The van der Waals surface area contributed by atoms with Crippen LogP contribution in [0.1, 0.15) is 32.1 Å². The van der Waals surface area contributed by atoms with Gasteiger partial charge in [0.15, 0.2) is 0 Å². The highest BCUT2D eigenvalue weighted by molar-refractivity contribution is 5.84. The maximum atomic E-state index is 11.5. The quantitative estimate of drug-likeness (QED) is 0.357. The molecule has 1 fully saturated rings.